The standard InChI is InChI=1S/C11H13Cl3N2O/c1-2-3-4-15-11(17)16-10-8(13)5-7(12)6-9(10)14/h5-6H,2-4H2,1H3,(H2,15,16,17). The Morgan fingerprint density at radius 1 is 1.24 bits per heavy atom. The Kier molecular flexibility index (Phi) is 5.89. The summed E-state index contributed by atoms with van der Waals surface area (Å²) in [6.45, 7) is 2.66. The van der Waals surface area contributed by atoms with E-state index in [1.54, 1.807) is 0 Å². The molecule has 1 rings (SSSR count). The molecule has 2 N–H and O–H groups in total. The molecule has 0 radical (unpaired) electrons. The Bertz CT molecular complexity index is 387. The first-order chi connectivity index (χ1) is 8.04. The van der Waals surface area contributed by atoms with Crippen molar-refractivity contribution in [2.24, 2.45) is 0 Å². The van der Waals surface area contributed by atoms with Gasteiger partial charge in [0, 0.05) is 11.6 Å². The monoisotopic (exact) mass is 294 g/mol. The molecule has 0 aliphatic rings. The number of amides is 2. The van der Waals surface area contributed by atoms with Crippen LogP contribution in [0.25, 0.3) is 0 Å². The van der Waals surface area contributed by atoms with E-state index in [2.05, 4.69) is 10.6 Å². The Morgan fingerprint density at radius 2 is 1.82 bits per heavy atom. The van der Waals surface area contributed by atoms with Gasteiger partial charge in [0.25, 0.3) is 0 Å². The second-order valence-corrected chi connectivity index (χ2v) is 4.73. The number of nitrogens with one attached hydrogen (secondary N) is 2. The summed E-state index contributed by atoms with van der Waals surface area (Å²) in [6, 6.07) is 2.72. The number of hydrogen-bond donors (Lipinski definition) is 2. The van der Waals surface area contributed by atoms with Gasteiger partial charge in [-0.25, -0.2) is 4.79 Å². The Balaban J connectivity index is 2.65. The first-order valence-electron chi connectivity index (χ1n) is 5.24. The summed E-state index contributed by atoms with van der Waals surface area (Å²) in [5, 5.41) is 6.35. The number of rotatable bonds is 4. The van der Waals surface area contributed by atoms with Crippen LogP contribution in [-0.2, 0) is 0 Å². The van der Waals surface area contributed by atoms with Crippen LogP contribution in [-0.4, -0.2) is 12.6 Å². The molecule has 6 heteroatoms. The fraction of sp³-hybridized carbons (Fsp3) is 0.364. The van der Waals surface area contributed by atoms with Crippen LogP contribution in [0.2, 0.25) is 15.1 Å². The molecule has 0 fully saturated rings. The number of urea groups is 1. The van der Waals surface area contributed by atoms with Crippen LogP contribution in [0.4, 0.5) is 10.5 Å². The zero-order valence-corrected chi connectivity index (χ0v) is 11.6. The SMILES string of the molecule is CCCCNC(=O)Nc1c(Cl)cc(Cl)cc1Cl. The van der Waals surface area contributed by atoms with E-state index in [4.69, 9.17) is 34.8 Å². The van der Waals surface area contributed by atoms with Crippen LogP contribution >= 0.6 is 34.8 Å². The zero-order chi connectivity index (χ0) is 12.8. The molecule has 0 saturated heterocycles. The summed E-state index contributed by atoms with van der Waals surface area (Å²) < 4.78 is 0. The van der Waals surface area contributed by atoms with Crippen LogP contribution in [0.3, 0.4) is 0 Å². The van der Waals surface area contributed by atoms with Gasteiger partial charge in [-0.1, -0.05) is 48.1 Å². The van der Waals surface area contributed by atoms with Gasteiger partial charge >= 0.3 is 6.03 Å². The van der Waals surface area contributed by atoms with Crippen molar-refractivity contribution in [2.75, 3.05) is 11.9 Å². The van der Waals surface area contributed by atoms with E-state index in [0.29, 0.717) is 27.3 Å². The summed E-state index contributed by atoms with van der Waals surface area (Å²) in [7, 11) is 0. The quantitative estimate of drug-likeness (QED) is 0.785. The second-order valence-electron chi connectivity index (χ2n) is 3.48. The lowest BCUT2D eigenvalue weighted by Gasteiger charge is -2.10. The van der Waals surface area contributed by atoms with Gasteiger partial charge in [-0.2, -0.15) is 0 Å². The second kappa shape index (κ2) is 6.94. The number of anilines is 1. The molecule has 1 aromatic carbocycles. The van der Waals surface area contributed by atoms with Crippen molar-refractivity contribution in [2.45, 2.75) is 19.8 Å². The molecule has 0 aromatic heterocycles. The molecule has 0 bridgehead atoms. The molecule has 1 aromatic rings. The summed E-state index contributed by atoms with van der Waals surface area (Å²) in [5.74, 6) is 0. The van der Waals surface area contributed by atoms with Crippen LogP contribution in [0.1, 0.15) is 19.8 Å². The van der Waals surface area contributed by atoms with Crippen molar-refractivity contribution < 1.29 is 4.79 Å². The summed E-state index contributed by atoms with van der Waals surface area (Å²) in [4.78, 5) is 11.5. The third-order valence-electron chi connectivity index (χ3n) is 2.06. The molecule has 2 amide bonds. The predicted octanol–water partition coefficient (Wildman–Crippen LogP) is 4.57. The zero-order valence-electron chi connectivity index (χ0n) is 9.32. The van der Waals surface area contributed by atoms with Crippen LogP contribution in [0.5, 0.6) is 0 Å². The van der Waals surface area contributed by atoms with Crippen molar-refractivity contribution in [1.82, 2.24) is 5.32 Å². The average molecular weight is 296 g/mol. The van der Waals surface area contributed by atoms with Gasteiger partial charge in [-0.05, 0) is 18.6 Å². The molecule has 0 atom stereocenters. The minimum atomic E-state index is -0.329. The lowest BCUT2D eigenvalue weighted by atomic mass is 10.3. The van der Waals surface area contributed by atoms with Gasteiger partial charge in [0.05, 0.1) is 15.7 Å². The van der Waals surface area contributed by atoms with E-state index in [1.807, 2.05) is 6.92 Å². The molecular formula is C11H13Cl3N2O. The number of benzene rings is 1. The molecule has 0 unspecified atom stereocenters. The highest BCUT2D eigenvalue weighted by molar-refractivity contribution is 6.42. The van der Waals surface area contributed by atoms with Crippen molar-refractivity contribution >= 4 is 46.5 Å². The molecule has 0 aliphatic carbocycles. The van der Waals surface area contributed by atoms with Gasteiger partial charge in [-0.15, -0.1) is 0 Å². The number of carbonyl (C=O) groups is 1. The van der Waals surface area contributed by atoms with Crippen LogP contribution < -0.4 is 10.6 Å². The van der Waals surface area contributed by atoms with Gasteiger partial charge in [0.1, 0.15) is 0 Å². The predicted molar refractivity (Wildman–Crippen MR) is 73.4 cm³/mol. The van der Waals surface area contributed by atoms with Crippen molar-refractivity contribution in [1.29, 1.82) is 0 Å². The summed E-state index contributed by atoms with van der Waals surface area (Å²) in [6.07, 6.45) is 1.94. The van der Waals surface area contributed by atoms with E-state index in [9.17, 15) is 4.79 Å². The number of unbranched alkanes of at least 4 members (excludes halogenated alkanes) is 1. The highest BCUT2D eigenvalue weighted by atomic mass is 35.5. The highest BCUT2D eigenvalue weighted by Gasteiger charge is 2.10. The van der Waals surface area contributed by atoms with Crippen LogP contribution in [0, 0.1) is 0 Å². The maximum atomic E-state index is 11.5. The average Bonchev–Trinajstić information content (AvgIpc) is 2.24. The summed E-state index contributed by atoms with van der Waals surface area (Å²) in [5.41, 5.74) is 0.367. The van der Waals surface area contributed by atoms with E-state index in [1.165, 1.54) is 12.1 Å². The Hall–Kier alpha value is -0.640. The van der Waals surface area contributed by atoms with E-state index >= 15 is 0 Å². The van der Waals surface area contributed by atoms with E-state index < -0.39 is 0 Å². The van der Waals surface area contributed by atoms with Gasteiger partial charge in [0.2, 0.25) is 0 Å². The first kappa shape index (κ1) is 14.4. The van der Waals surface area contributed by atoms with Gasteiger partial charge in [0.15, 0.2) is 0 Å². The lowest BCUT2D eigenvalue weighted by Crippen LogP contribution is -2.29. The first-order valence-corrected chi connectivity index (χ1v) is 6.37. The van der Waals surface area contributed by atoms with Gasteiger partial charge in [-0.3, -0.25) is 0 Å². The van der Waals surface area contributed by atoms with Crippen molar-refractivity contribution in [3.63, 3.8) is 0 Å². The molecule has 0 heterocycles. The molecule has 0 aliphatic heterocycles. The normalized spacial score (nSPS) is 10.1. The topological polar surface area (TPSA) is 41.1 Å². The third-order valence-corrected chi connectivity index (χ3v) is 2.88. The van der Waals surface area contributed by atoms with Crippen molar-refractivity contribution in [3.8, 4) is 0 Å². The fourth-order valence-electron chi connectivity index (χ4n) is 1.20. The highest BCUT2D eigenvalue weighted by Crippen LogP contribution is 2.33. The fourth-order valence-corrected chi connectivity index (χ4v) is 2.11. The maximum Gasteiger partial charge on any atom is 0.319 e. The van der Waals surface area contributed by atoms with E-state index in [0.717, 1.165) is 12.8 Å². The lowest BCUT2D eigenvalue weighted by molar-refractivity contribution is 0.252. The van der Waals surface area contributed by atoms with Crippen LogP contribution in [0.15, 0.2) is 12.1 Å². The minimum Gasteiger partial charge on any atom is -0.338 e. The third kappa shape index (κ3) is 4.62. The Morgan fingerprint density at radius 3 is 2.35 bits per heavy atom. The van der Waals surface area contributed by atoms with E-state index in [-0.39, 0.29) is 6.03 Å². The molecule has 0 saturated carbocycles. The smallest absolute Gasteiger partial charge is 0.319 e. The maximum absolute atomic E-state index is 11.5. The molecule has 94 valence electrons. The summed E-state index contributed by atoms with van der Waals surface area (Å²) >= 11 is 17.6. The molecule has 17 heavy (non-hydrogen) atoms. The minimum absolute atomic E-state index is 0.313. The largest absolute Gasteiger partial charge is 0.338 e. The Labute approximate surface area is 115 Å². The number of halogens is 3. The van der Waals surface area contributed by atoms with Gasteiger partial charge < -0.3 is 10.6 Å². The van der Waals surface area contributed by atoms with Crippen molar-refractivity contribution in [3.05, 3.63) is 27.2 Å². The molecule has 0 spiro atoms. The molecular weight excluding hydrogens is 282 g/mol. The number of carbonyl (C=O) groups excluding carboxylic acids is 1. The molecule has 3 nitrogen and oxygen atoms in total. The number of hydrogen-bond acceptors (Lipinski definition) is 1.